The molecule has 0 spiro atoms. The molecule has 0 aromatic rings. The molecule has 0 radical (unpaired) electrons. The minimum absolute atomic E-state index is 0.792. The molecule has 0 unspecified atom stereocenters. The van der Waals surface area contributed by atoms with Crippen LogP contribution in [0, 0.1) is 0 Å². The number of rotatable bonds is 0. The summed E-state index contributed by atoms with van der Waals surface area (Å²) in [4.78, 5) is 0. The van der Waals surface area contributed by atoms with Crippen molar-refractivity contribution >= 4 is 5.96 Å². The Morgan fingerprint density at radius 3 is 2.71 bits per heavy atom. The average molecular weight is 100 g/mol. The summed E-state index contributed by atoms with van der Waals surface area (Å²) in [6.45, 7) is 2.02. The molecule has 0 atom stereocenters. The van der Waals surface area contributed by atoms with Crippen LogP contribution in [0.25, 0.3) is 0 Å². The molecule has 0 saturated carbocycles. The van der Waals surface area contributed by atoms with Gasteiger partial charge in [-0.25, -0.2) is 0 Å². The molecule has 0 aliphatic carbocycles. The molecule has 3 heteroatoms. The fraction of sp³-hybridized carbons (Fsp3) is 0.750. The van der Waals surface area contributed by atoms with E-state index in [1.54, 1.807) is 0 Å². The van der Waals surface area contributed by atoms with Crippen LogP contribution >= 0.6 is 0 Å². The van der Waals surface area contributed by atoms with Crippen molar-refractivity contribution in [2.24, 2.45) is 5.73 Å². The second-order valence-corrected chi connectivity index (χ2v) is 1.73. The van der Waals surface area contributed by atoms with Crippen molar-refractivity contribution in [2.45, 2.75) is 0 Å². The Kier molecular flexibility index (Phi) is 0.889. The molecule has 1 rings (SSSR count). The van der Waals surface area contributed by atoms with E-state index in [2.05, 4.69) is 5.32 Å². The summed E-state index contributed by atoms with van der Waals surface area (Å²) in [5.41, 5.74) is 5.41. The van der Waals surface area contributed by atoms with Crippen molar-refractivity contribution in [1.29, 1.82) is 0 Å². The first-order valence-electron chi connectivity index (χ1n) is 2.38. The molecule has 3 nitrogen and oxygen atoms in total. The number of nitrogens with two attached hydrogens (primary N) is 1. The quantitative estimate of drug-likeness (QED) is 0.365. The SMILES string of the molecule is C[N+]1=C(N)NCC1. The van der Waals surface area contributed by atoms with Crippen molar-refractivity contribution in [2.75, 3.05) is 20.1 Å². The minimum Gasteiger partial charge on any atom is -0.291 e. The van der Waals surface area contributed by atoms with Crippen molar-refractivity contribution < 1.29 is 4.58 Å². The molecule has 40 valence electrons. The Bertz CT molecular complexity index is 93.5. The summed E-state index contributed by atoms with van der Waals surface area (Å²) in [6, 6.07) is 0. The minimum atomic E-state index is 0.792. The van der Waals surface area contributed by atoms with Gasteiger partial charge >= 0.3 is 5.96 Å². The third-order valence-corrected chi connectivity index (χ3v) is 1.16. The Balaban J connectivity index is 2.64. The molecule has 1 heterocycles. The Morgan fingerprint density at radius 1 is 1.86 bits per heavy atom. The average Bonchev–Trinajstić information content (AvgIpc) is 1.91. The number of likely N-dealkylation sites (N-methyl/N-ethyl adjacent to an activating group) is 1. The summed E-state index contributed by atoms with van der Waals surface area (Å²) >= 11 is 0. The summed E-state index contributed by atoms with van der Waals surface area (Å²) in [5, 5.41) is 2.99. The van der Waals surface area contributed by atoms with Crippen molar-refractivity contribution in [1.82, 2.24) is 5.32 Å². The lowest BCUT2D eigenvalue weighted by atomic mass is 10.7. The van der Waals surface area contributed by atoms with Crippen molar-refractivity contribution in [3.05, 3.63) is 0 Å². The van der Waals surface area contributed by atoms with Crippen LogP contribution in [0.5, 0.6) is 0 Å². The van der Waals surface area contributed by atoms with E-state index >= 15 is 0 Å². The van der Waals surface area contributed by atoms with Gasteiger partial charge in [0.15, 0.2) is 0 Å². The van der Waals surface area contributed by atoms with E-state index in [4.69, 9.17) is 5.73 Å². The second kappa shape index (κ2) is 1.40. The second-order valence-electron chi connectivity index (χ2n) is 1.73. The van der Waals surface area contributed by atoms with Gasteiger partial charge in [0, 0.05) is 0 Å². The molecule has 0 bridgehead atoms. The Morgan fingerprint density at radius 2 is 2.57 bits per heavy atom. The van der Waals surface area contributed by atoms with Crippen LogP contribution in [0.4, 0.5) is 0 Å². The number of hydrogen-bond donors (Lipinski definition) is 2. The first-order valence-corrected chi connectivity index (χ1v) is 2.38. The highest BCUT2D eigenvalue weighted by Crippen LogP contribution is 1.74. The van der Waals surface area contributed by atoms with E-state index in [1.807, 2.05) is 11.6 Å². The summed E-state index contributed by atoms with van der Waals surface area (Å²) in [6.07, 6.45) is 0. The lowest BCUT2D eigenvalue weighted by molar-refractivity contribution is -0.487. The van der Waals surface area contributed by atoms with Gasteiger partial charge in [-0.1, -0.05) is 0 Å². The highest BCUT2D eigenvalue weighted by atomic mass is 15.2. The van der Waals surface area contributed by atoms with E-state index in [0.717, 1.165) is 19.0 Å². The standard InChI is InChI=1S/C4H9N3/c1-7-3-2-6-4(7)5/h2-3H2,1H3,(H2,5,6)/p+1. The summed E-state index contributed by atoms with van der Waals surface area (Å²) in [5.74, 6) is 0.792. The lowest BCUT2D eigenvalue weighted by Crippen LogP contribution is -2.30. The largest absolute Gasteiger partial charge is 0.343 e. The predicted molar refractivity (Wildman–Crippen MR) is 28.2 cm³/mol. The molecule has 0 saturated heterocycles. The van der Waals surface area contributed by atoms with E-state index in [-0.39, 0.29) is 0 Å². The van der Waals surface area contributed by atoms with E-state index in [1.165, 1.54) is 0 Å². The number of guanidine groups is 1. The first kappa shape index (κ1) is 4.43. The molecule has 7 heavy (non-hydrogen) atoms. The molecule has 0 fully saturated rings. The van der Waals surface area contributed by atoms with Crippen LogP contribution < -0.4 is 11.1 Å². The summed E-state index contributed by atoms with van der Waals surface area (Å²) in [7, 11) is 1.97. The van der Waals surface area contributed by atoms with Gasteiger partial charge in [-0.2, -0.15) is 0 Å². The summed E-state index contributed by atoms with van der Waals surface area (Å²) < 4.78 is 1.99. The zero-order valence-corrected chi connectivity index (χ0v) is 4.44. The number of nitrogens with zero attached hydrogens (tertiary/aromatic N) is 1. The fourth-order valence-electron chi connectivity index (χ4n) is 0.607. The Labute approximate surface area is 42.8 Å². The molecule has 0 aromatic carbocycles. The van der Waals surface area contributed by atoms with Gasteiger partial charge in [0.25, 0.3) is 0 Å². The highest BCUT2D eigenvalue weighted by Gasteiger charge is 2.09. The highest BCUT2D eigenvalue weighted by molar-refractivity contribution is 5.73. The topological polar surface area (TPSA) is 41.1 Å². The van der Waals surface area contributed by atoms with Crippen LogP contribution in [0.2, 0.25) is 0 Å². The van der Waals surface area contributed by atoms with E-state index in [9.17, 15) is 0 Å². The van der Waals surface area contributed by atoms with Gasteiger partial charge in [0.2, 0.25) is 0 Å². The maximum atomic E-state index is 5.41. The smallest absolute Gasteiger partial charge is 0.291 e. The molecule has 0 aromatic heterocycles. The zero-order chi connectivity index (χ0) is 5.28. The van der Waals surface area contributed by atoms with Gasteiger partial charge in [-0.05, 0) is 0 Å². The first-order chi connectivity index (χ1) is 3.30. The van der Waals surface area contributed by atoms with Crippen LogP contribution in [0.15, 0.2) is 0 Å². The van der Waals surface area contributed by atoms with Gasteiger partial charge in [-0.3, -0.25) is 15.6 Å². The molecule has 0 amide bonds. The maximum absolute atomic E-state index is 5.41. The maximum Gasteiger partial charge on any atom is 0.343 e. The molecule has 1 aliphatic heterocycles. The molecular formula is C4H10N3+. The molecule has 3 N–H and O–H groups in total. The third-order valence-electron chi connectivity index (χ3n) is 1.16. The van der Waals surface area contributed by atoms with Gasteiger partial charge in [-0.15, -0.1) is 0 Å². The predicted octanol–water partition coefficient (Wildman–Crippen LogP) is -1.45. The normalized spacial score (nSPS) is 20.1. The van der Waals surface area contributed by atoms with Crippen LogP contribution in [-0.2, 0) is 0 Å². The van der Waals surface area contributed by atoms with Crippen LogP contribution in [0.3, 0.4) is 0 Å². The van der Waals surface area contributed by atoms with Gasteiger partial charge < -0.3 is 0 Å². The monoisotopic (exact) mass is 100 g/mol. The van der Waals surface area contributed by atoms with Crippen LogP contribution in [-0.4, -0.2) is 30.7 Å². The zero-order valence-electron chi connectivity index (χ0n) is 4.44. The van der Waals surface area contributed by atoms with Crippen molar-refractivity contribution in [3.8, 4) is 0 Å². The third kappa shape index (κ3) is 0.656. The number of nitrogens with one attached hydrogen (secondary N) is 1. The number of hydrogen-bond acceptors (Lipinski definition) is 2. The Hall–Kier alpha value is -0.730. The van der Waals surface area contributed by atoms with Gasteiger partial charge in [0.1, 0.15) is 0 Å². The van der Waals surface area contributed by atoms with E-state index < -0.39 is 0 Å². The van der Waals surface area contributed by atoms with Crippen molar-refractivity contribution in [3.63, 3.8) is 0 Å². The van der Waals surface area contributed by atoms with E-state index in [0.29, 0.717) is 0 Å². The van der Waals surface area contributed by atoms with Crippen LogP contribution in [0.1, 0.15) is 0 Å². The van der Waals surface area contributed by atoms with Gasteiger partial charge in [0.05, 0.1) is 20.1 Å². The lowest BCUT2D eigenvalue weighted by Gasteiger charge is -1.85. The molecular weight excluding hydrogens is 90.1 g/mol. The molecule has 1 aliphatic rings. The fourth-order valence-corrected chi connectivity index (χ4v) is 0.607.